The van der Waals surface area contributed by atoms with Crippen LogP contribution in [0.4, 0.5) is 0 Å². The van der Waals surface area contributed by atoms with Crippen LogP contribution >= 0.6 is 0 Å². The summed E-state index contributed by atoms with van der Waals surface area (Å²) >= 11 is 0. The van der Waals surface area contributed by atoms with Gasteiger partial charge in [0, 0.05) is 31.4 Å². The van der Waals surface area contributed by atoms with Gasteiger partial charge in [0.1, 0.15) is 5.78 Å². The van der Waals surface area contributed by atoms with E-state index in [9.17, 15) is 4.79 Å². The average molecular weight is 249 g/mol. The van der Waals surface area contributed by atoms with Crippen LogP contribution in [-0.4, -0.2) is 39.6 Å². The molecule has 0 saturated carbocycles. The molecule has 1 fully saturated rings. The molecular weight excluding hydrogens is 226 g/mol. The maximum Gasteiger partial charge on any atom is 0.131 e. The second-order valence-corrected chi connectivity index (χ2v) is 5.21. The van der Waals surface area contributed by atoms with E-state index in [4.69, 9.17) is 0 Å². The zero-order valence-electron chi connectivity index (χ0n) is 11.2. The smallest absolute Gasteiger partial charge is 0.131 e. The van der Waals surface area contributed by atoms with E-state index in [1.165, 1.54) is 25.7 Å². The lowest BCUT2D eigenvalue weighted by molar-refractivity contribution is -0.118. The standard InChI is InChI=1S/C14H23N3O/c1-13(18)12-14-6-3-2-4-8-16(14)10-11-17-9-5-7-15-17/h5,7,9,14H,2-4,6,8,10-12H2,1H3. The minimum atomic E-state index is 0.311. The van der Waals surface area contributed by atoms with E-state index in [1.807, 2.05) is 23.1 Å². The average Bonchev–Trinajstić information content (AvgIpc) is 2.75. The number of nitrogens with zero attached hydrogens (tertiary/aromatic N) is 3. The van der Waals surface area contributed by atoms with Gasteiger partial charge in [-0.05, 0) is 32.4 Å². The van der Waals surface area contributed by atoms with Crippen LogP contribution < -0.4 is 0 Å². The Kier molecular flexibility index (Phi) is 4.93. The Morgan fingerprint density at radius 1 is 1.33 bits per heavy atom. The zero-order valence-corrected chi connectivity index (χ0v) is 11.2. The number of likely N-dealkylation sites (tertiary alicyclic amines) is 1. The summed E-state index contributed by atoms with van der Waals surface area (Å²) in [7, 11) is 0. The molecule has 1 aromatic rings. The third-order valence-corrected chi connectivity index (χ3v) is 3.70. The van der Waals surface area contributed by atoms with Gasteiger partial charge in [-0.1, -0.05) is 12.8 Å². The first-order valence-electron chi connectivity index (χ1n) is 6.96. The van der Waals surface area contributed by atoms with Crippen molar-refractivity contribution in [2.24, 2.45) is 0 Å². The predicted molar refractivity (Wildman–Crippen MR) is 71.4 cm³/mol. The first kappa shape index (κ1) is 13.3. The number of hydrogen-bond acceptors (Lipinski definition) is 3. The van der Waals surface area contributed by atoms with Gasteiger partial charge in [-0.25, -0.2) is 0 Å². The number of carbonyl (C=O) groups excluding carboxylic acids is 1. The number of hydrogen-bond donors (Lipinski definition) is 0. The van der Waals surface area contributed by atoms with Crippen LogP contribution in [0.25, 0.3) is 0 Å². The fourth-order valence-corrected chi connectivity index (χ4v) is 2.76. The van der Waals surface area contributed by atoms with E-state index >= 15 is 0 Å². The van der Waals surface area contributed by atoms with Gasteiger partial charge < -0.3 is 0 Å². The Bertz CT molecular complexity index is 361. The molecule has 0 aromatic carbocycles. The Balaban J connectivity index is 1.90. The van der Waals surface area contributed by atoms with Crippen LogP contribution in [0.1, 0.15) is 39.0 Å². The van der Waals surface area contributed by atoms with E-state index in [2.05, 4.69) is 10.00 Å². The maximum absolute atomic E-state index is 11.4. The fraction of sp³-hybridized carbons (Fsp3) is 0.714. The molecule has 1 aliphatic rings. The second kappa shape index (κ2) is 6.69. The Morgan fingerprint density at radius 3 is 2.94 bits per heavy atom. The monoisotopic (exact) mass is 249 g/mol. The van der Waals surface area contributed by atoms with Gasteiger partial charge in [0.2, 0.25) is 0 Å². The molecule has 18 heavy (non-hydrogen) atoms. The van der Waals surface area contributed by atoms with Crippen molar-refractivity contribution in [1.29, 1.82) is 0 Å². The minimum absolute atomic E-state index is 0.311. The Hall–Kier alpha value is -1.16. The first-order chi connectivity index (χ1) is 8.75. The summed E-state index contributed by atoms with van der Waals surface area (Å²) in [6, 6.07) is 2.40. The van der Waals surface area contributed by atoms with E-state index < -0.39 is 0 Å². The highest BCUT2D eigenvalue weighted by atomic mass is 16.1. The van der Waals surface area contributed by atoms with Crippen LogP contribution in [-0.2, 0) is 11.3 Å². The number of carbonyl (C=O) groups is 1. The fourth-order valence-electron chi connectivity index (χ4n) is 2.76. The lowest BCUT2D eigenvalue weighted by atomic mass is 10.0. The second-order valence-electron chi connectivity index (χ2n) is 5.21. The molecule has 2 heterocycles. The lowest BCUT2D eigenvalue weighted by Gasteiger charge is -2.29. The molecule has 2 rings (SSSR count). The summed E-state index contributed by atoms with van der Waals surface area (Å²) in [5, 5.41) is 4.23. The van der Waals surface area contributed by atoms with E-state index in [1.54, 1.807) is 6.92 Å². The molecule has 0 aliphatic carbocycles. The summed E-state index contributed by atoms with van der Waals surface area (Å²) < 4.78 is 1.97. The molecule has 1 aromatic heterocycles. The molecule has 4 nitrogen and oxygen atoms in total. The quantitative estimate of drug-likeness (QED) is 0.802. The van der Waals surface area contributed by atoms with Crippen molar-refractivity contribution in [3.63, 3.8) is 0 Å². The summed E-state index contributed by atoms with van der Waals surface area (Å²) in [4.78, 5) is 13.8. The van der Waals surface area contributed by atoms with Crippen LogP contribution in [0.2, 0.25) is 0 Å². The molecule has 0 spiro atoms. The largest absolute Gasteiger partial charge is 0.300 e. The van der Waals surface area contributed by atoms with Gasteiger partial charge in [-0.15, -0.1) is 0 Å². The molecule has 4 heteroatoms. The normalized spacial score (nSPS) is 21.7. The Labute approximate surface area is 109 Å². The summed E-state index contributed by atoms with van der Waals surface area (Å²) in [5.41, 5.74) is 0. The zero-order chi connectivity index (χ0) is 12.8. The first-order valence-corrected chi connectivity index (χ1v) is 6.96. The van der Waals surface area contributed by atoms with Gasteiger partial charge in [-0.3, -0.25) is 14.4 Å². The molecule has 0 radical (unpaired) electrons. The van der Waals surface area contributed by atoms with Crippen molar-refractivity contribution in [2.75, 3.05) is 13.1 Å². The van der Waals surface area contributed by atoms with Crippen LogP contribution in [0.5, 0.6) is 0 Å². The van der Waals surface area contributed by atoms with Crippen molar-refractivity contribution >= 4 is 5.78 Å². The third-order valence-electron chi connectivity index (χ3n) is 3.70. The van der Waals surface area contributed by atoms with E-state index in [-0.39, 0.29) is 0 Å². The number of ketones is 1. The molecular formula is C14H23N3O. The third kappa shape index (κ3) is 3.95. The highest BCUT2D eigenvalue weighted by molar-refractivity contribution is 5.76. The van der Waals surface area contributed by atoms with E-state index in [0.717, 1.165) is 19.6 Å². The van der Waals surface area contributed by atoms with Crippen molar-refractivity contribution in [2.45, 2.75) is 51.6 Å². The molecule has 1 saturated heterocycles. The summed E-state index contributed by atoms with van der Waals surface area (Å²) in [5.74, 6) is 0.311. The van der Waals surface area contributed by atoms with Gasteiger partial charge in [-0.2, -0.15) is 5.10 Å². The topological polar surface area (TPSA) is 38.1 Å². The van der Waals surface area contributed by atoms with Gasteiger partial charge in [0.25, 0.3) is 0 Å². The van der Waals surface area contributed by atoms with Gasteiger partial charge in [0.05, 0.1) is 6.54 Å². The van der Waals surface area contributed by atoms with Crippen molar-refractivity contribution in [1.82, 2.24) is 14.7 Å². The Morgan fingerprint density at radius 2 is 2.22 bits per heavy atom. The predicted octanol–water partition coefficient (Wildman–Crippen LogP) is 2.11. The van der Waals surface area contributed by atoms with Crippen molar-refractivity contribution in [3.8, 4) is 0 Å². The molecule has 1 aliphatic heterocycles. The molecule has 0 N–H and O–H groups in total. The van der Waals surface area contributed by atoms with Crippen molar-refractivity contribution in [3.05, 3.63) is 18.5 Å². The SMILES string of the molecule is CC(=O)CC1CCCCCN1CCn1cccn1. The number of rotatable bonds is 5. The highest BCUT2D eigenvalue weighted by Gasteiger charge is 2.21. The molecule has 0 amide bonds. The molecule has 1 atom stereocenters. The van der Waals surface area contributed by atoms with Crippen molar-refractivity contribution < 1.29 is 4.79 Å². The summed E-state index contributed by atoms with van der Waals surface area (Å²) in [6.07, 6.45) is 9.50. The highest BCUT2D eigenvalue weighted by Crippen LogP contribution is 2.19. The summed E-state index contributed by atoms with van der Waals surface area (Å²) in [6.45, 7) is 4.75. The minimum Gasteiger partial charge on any atom is -0.300 e. The molecule has 1 unspecified atom stereocenters. The number of aromatic nitrogens is 2. The molecule has 0 bridgehead atoms. The maximum atomic E-state index is 11.4. The van der Waals surface area contributed by atoms with Crippen LogP contribution in [0.3, 0.4) is 0 Å². The molecule has 100 valence electrons. The van der Waals surface area contributed by atoms with Gasteiger partial charge >= 0.3 is 0 Å². The number of Topliss-reactive ketones (excluding diaryl/α,β-unsaturated/α-hetero) is 1. The van der Waals surface area contributed by atoms with Gasteiger partial charge in [0.15, 0.2) is 0 Å². The van der Waals surface area contributed by atoms with Crippen LogP contribution in [0.15, 0.2) is 18.5 Å². The lowest BCUT2D eigenvalue weighted by Crippen LogP contribution is -2.38. The van der Waals surface area contributed by atoms with Crippen LogP contribution in [0, 0.1) is 0 Å². The van der Waals surface area contributed by atoms with E-state index in [0.29, 0.717) is 18.2 Å².